The number of hydrogen-bond acceptors (Lipinski definition) is 3. The summed E-state index contributed by atoms with van der Waals surface area (Å²) >= 11 is 0. The number of benzene rings is 1. The number of carbonyl (C=O) groups excluding carboxylic acids is 1. The first-order valence-corrected chi connectivity index (χ1v) is 5.25. The number of aryl methyl sites for hydroxylation is 1. The molecule has 2 aromatic rings. The molecule has 0 fully saturated rings. The van der Waals surface area contributed by atoms with E-state index in [0.29, 0.717) is 0 Å². The zero-order valence-corrected chi connectivity index (χ0v) is 12.6. The van der Waals surface area contributed by atoms with Crippen molar-refractivity contribution < 1.29 is 14.7 Å². The van der Waals surface area contributed by atoms with Gasteiger partial charge >= 0.3 is 5.97 Å². The molecule has 0 aliphatic carbocycles. The average molecular weight is 502 g/mol. The number of fused-ring (bicyclic) bond motifs is 1. The van der Waals surface area contributed by atoms with Crippen LogP contribution < -0.4 is 5.32 Å². The summed E-state index contributed by atoms with van der Waals surface area (Å²) in [5.74, 6) is -1.07. The van der Waals surface area contributed by atoms with Gasteiger partial charge in [0.2, 0.25) is 0 Å². The number of carboxylic acid groups (broad SMARTS) is 1. The molecule has 1 amide bonds. The van der Waals surface area contributed by atoms with Gasteiger partial charge in [-0.05, 0) is 24.4 Å². The molecule has 6 heteroatoms. The SMILES string of the molecule is Cc1ccc2ccncc2c1.O=[C-]NCC(=O)O.[Fm]. The molecule has 0 saturated carbocycles. The van der Waals surface area contributed by atoms with Crippen molar-refractivity contribution in [1.29, 1.82) is 0 Å². The summed E-state index contributed by atoms with van der Waals surface area (Å²) in [6, 6.07) is 8.39. The summed E-state index contributed by atoms with van der Waals surface area (Å²) in [7, 11) is 0. The molecule has 0 unspecified atom stereocenters. The van der Waals surface area contributed by atoms with Crippen molar-refractivity contribution in [3.63, 3.8) is 0 Å². The van der Waals surface area contributed by atoms with Crippen LogP contribution in [0.3, 0.4) is 0 Å². The maximum atomic E-state index is 9.52. The quantitative estimate of drug-likeness (QED) is 0.490. The number of carboxylic acids is 1. The number of nitrogens with one attached hydrogen (secondary N) is 1. The first-order chi connectivity index (χ1) is 8.63. The van der Waals surface area contributed by atoms with E-state index in [4.69, 9.17) is 5.11 Å². The molecule has 0 bridgehead atoms. The van der Waals surface area contributed by atoms with Gasteiger partial charge in [-0.3, -0.25) is 9.78 Å². The van der Waals surface area contributed by atoms with Crippen molar-refractivity contribution in [2.75, 3.05) is 6.54 Å². The normalized spacial score (nSPS) is 8.68. The van der Waals surface area contributed by atoms with Crippen LogP contribution in [0.4, 0.5) is 0 Å². The summed E-state index contributed by atoms with van der Waals surface area (Å²) in [4.78, 5) is 22.8. The summed E-state index contributed by atoms with van der Waals surface area (Å²) in [5, 5.41) is 12.1. The molecule has 0 saturated heterocycles. The number of amides is 1. The maximum Gasteiger partial charge on any atom is 0.320 e. The molecule has 0 aliphatic rings. The van der Waals surface area contributed by atoms with Gasteiger partial charge in [0.15, 0.2) is 0 Å². The van der Waals surface area contributed by atoms with Crippen LogP contribution in [0.15, 0.2) is 36.7 Å². The van der Waals surface area contributed by atoms with Crippen LogP contribution >= 0.6 is 0 Å². The van der Waals surface area contributed by atoms with Gasteiger partial charge in [-0.15, -0.1) is 0 Å². The van der Waals surface area contributed by atoms with Gasteiger partial charge in [0.1, 0.15) is 0 Å². The van der Waals surface area contributed by atoms with Crippen LogP contribution in [-0.4, -0.2) is 29.0 Å². The van der Waals surface area contributed by atoms with Crippen LogP contribution in [-0.2, 0) is 9.59 Å². The molecule has 19 heavy (non-hydrogen) atoms. The Hall–Kier alpha value is -3.43. The number of nitrogens with zero attached hydrogens (tertiary/aromatic N) is 1. The second-order valence-electron chi connectivity index (χ2n) is 3.58. The number of aromatic nitrogens is 1. The largest absolute Gasteiger partial charge is 0.521 e. The standard InChI is InChI=1S/C10H9N.C3H4NO3.Fm/c1-8-2-3-9-4-5-11-7-10(9)6-8;5-2-4-1-3(6)7;/h2-7H,1H3;1H2,(H,4,5)(H,6,7);/q;-1;. The molecular formula is C13H13FmN2O3-. The van der Waals surface area contributed by atoms with Gasteiger partial charge in [-0.25, -0.2) is 0 Å². The summed E-state index contributed by atoms with van der Waals surface area (Å²) in [5.41, 5.74) is 1.28. The van der Waals surface area contributed by atoms with Crippen molar-refractivity contribution >= 4 is 23.2 Å². The van der Waals surface area contributed by atoms with E-state index >= 15 is 0 Å². The van der Waals surface area contributed by atoms with Crippen molar-refractivity contribution in [2.24, 2.45) is 0 Å². The van der Waals surface area contributed by atoms with Crippen molar-refractivity contribution in [3.05, 3.63) is 42.2 Å². The minimum atomic E-state index is -1.07. The van der Waals surface area contributed by atoms with Crippen molar-refractivity contribution in [1.82, 2.24) is 10.3 Å². The van der Waals surface area contributed by atoms with Gasteiger partial charge in [0.05, 0.1) is 6.54 Å². The molecule has 2 N–H and O–H groups in total. The molecule has 1 heterocycles. The van der Waals surface area contributed by atoms with E-state index in [1.165, 1.54) is 22.7 Å². The molecule has 5 nitrogen and oxygen atoms in total. The molecule has 0 aliphatic heterocycles. The fourth-order valence-electron chi connectivity index (χ4n) is 1.32. The zero-order chi connectivity index (χ0) is 13.4. The Labute approximate surface area is 104 Å². The molecule has 1 aromatic carbocycles. The van der Waals surface area contributed by atoms with E-state index < -0.39 is 5.97 Å². The Morgan fingerprint density at radius 3 is 2.68 bits per heavy atom. The van der Waals surface area contributed by atoms with Gasteiger partial charge in [-0.1, -0.05) is 17.7 Å². The van der Waals surface area contributed by atoms with E-state index in [2.05, 4.69) is 30.1 Å². The fraction of sp³-hybridized carbons (Fsp3) is 0.154. The average Bonchev–Trinajstić information content (AvgIpc) is 2.37. The smallest absolute Gasteiger partial charge is 0.320 e. The monoisotopic (exact) mass is 502 g/mol. The second-order valence-corrected chi connectivity index (χ2v) is 3.58. The number of rotatable bonds is 3. The molecule has 0 spiro atoms. The maximum absolute atomic E-state index is 9.52. The predicted molar refractivity (Wildman–Crippen MR) is 67.8 cm³/mol. The fourth-order valence-corrected chi connectivity index (χ4v) is 1.32. The minimum absolute atomic E-state index is 0. The Balaban J connectivity index is 0.000000360. The molecular weight excluding hydrogens is 489 g/mol. The third kappa shape index (κ3) is 5.44. The van der Waals surface area contributed by atoms with E-state index in [1.54, 1.807) is 0 Å². The first-order valence-electron chi connectivity index (χ1n) is 5.25. The third-order valence-electron chi connectivity index (χ3n) is 2.11. The van der Waals surface area contributed by atoms with Gasteiger partial charge in [-0.2, -0.15) is 6.41 Å². The molecule has 2 rings (SSSR count). The number of pyridine rings is 1. The molecule has 1 aromatic heterocycles. The van der Waals surface area contributed by atoms with E-state index in [1.807, 2.05) is 23.8 Å². The Kier molecular flexibility index (Phi) is 6.38. The molecule has 0 radical (unpaired) electrons. The van der Waals surface area contributed by atoms with E-state index in [-0.39, 0.29) is 6.54 Å². The van der Waals surface area contributed by atoms with Crippen molar-refractivity contribution in [3.8, 4) is 0 Å². The van der Waals surface area contributed by atoms with Gasteiger partial charge in [0.25, 0.3) is 0 Å². The predicted octanol–water partition coefficient (Wildman–Crippen LogP) is 1.27. The van der Waals surface area contributed by atoms with Gasteiger partial charge < -0.3 is 15.2 Å². The van der Waals surface area contributed by atoms with Crippen LogP contribution in [0.1, 0.15) is 5.56 Å². The van der Waals surface area contributed by atoms with Crippen LogP contribution in [0, 0.1) is 6.92 Å². The van der Waals surface area contributed by atoms with Crippen LogP contribution in [0.2, 0.25) is 0 Å². The summed E-state index contributed by atoms with van der Waals surface area (Å²) in [6.45, 7) is 1.73. The molecule has 0 atom stereocenters. The third-order valence-corrected chi connectivity index (χ3v) is 2.11. The topological polar surface area (TPSA) is 79.3 Å². The second kappa shape index (κ2) is 7.78. The van der Waals surface area contributed by atoms with Crippen LogP contribution in [0.25, 0.3) is 10.8 Å². The summed E-state index contributed by atoms with van der Waals surface area (Å²) in [6.07, 6.45) is 4.93. The van der Waals surface area contributed by atoms with Crippen molar-refractivity contribution in [2.45, 2.75) is 6.92 Å². The Morgan fingerprint density at radius 2 is 2.11 bits per heavy atom. The number of hydrogen-bond donors (Lipinski definition) is 2. The Bertz CT molecular complexity index is 546. The molecule has 106 valence electrons. The first kappa shape index (κ1) is 15.6. The summed E-state index contributed by atoms with van der Waals surface area (Å²) < 4.78 is 0. The zero-order valence-electron chi connectivity index (χ0n) is 10.2. The number of aliphatic carboxylic acids is 1. The van der Waals surface area contributed by atoms with E-state index in [9.17, 15) is 9.59 Å². The minimum Gasteiger partial charge on any atom is -0.521 e. The van der Waals surface area contributed by atoms with Gasteiger partial charge in [0, 0.05) is 17.8 Å². The van der Waals surface area contributed by atoms with E-state index in [0.717, 1.165) is 0 Å². The van der Waals surface area contributed by atoms with Crippen LogP contribution in [0.5, 0.6) is 0 Å². The Morgan fingerprint density at radius 1 is 1.37 bits per heavy atom. The number of carbonyl (C=O) groups is 1.